The topological polar surface area (TPSA) is 89.1 Å². The highest BCUT2D eigenvalue weighted by atomic mass is 35.5. The lowest BCUT2D eigenvalue weighted by Crippen LogP contribution is -2.53. The van der Waals surface area contributed by atoms with Crippen molar-refractivity contribution in [1.82, 2.24) is 19.4 Å². The zero-order chi connectivity index (χ0) is 23.2. The quantitative estimate of drug-likeness (QED) is 0.613. The summed E-state index contributed by atoms with van der Waals surface area (Å²) in [6.07, 6.45) is 0.973. The van der Waals surface area contributed by atoms with Crippen LogP contribution in [0.25, 0.3) is 11.3 Å². The number of aromatic nitrogens is 3. The number of nitrogens with zero attached hydrogens (tertiary/aromatic N) is 4. The molecule has 3 aromatic rings. The maximum absolute atomic E-state index is 14.0. The second kappa shape index (κ2) is 8.10. The molecule has 0 unspecified atom stereocenters. The molecule has 7 nitrogen and oxygen atoms in total. The zero-order valence-corrected chi connectivity index (χ0v) is 18.1. The number of nitrogens with one attached hydrogen (secondary N) is 1. The van der Waals surface area contributed by atoms with Gasteiger partial charge in [-0.3, -0.25) is 4.79 Å². The zero-order valence-electron chi connectivity index (χ0n) is 17.3. The predicted octanol–water partition coefficient (Wildman–Crippen LogP) is 3.80. The summed E-state index contributed by atoms with van der Waals surface area (Å²) in [7, 11) is 0. The van der Waals surface area contributed by atoms with E-state index in [-0.39, 0.29) is 23.3 Å². The van der Waals surface area contributed by atoms with E-state index in [0.717, 1.165) is 18.3 Å². The van der Waals surface area contributed by atoms with Crippen LogP contribution in [0.3, 0.4) is 0 Å². The maximum atomic E-state index is 14.0. The van der Waals surface area contributed by atoms with Crippen LogP contribution < -0.4 is 11.1 Å². The van der Waals surface area contributed by atoms with Crippen molar-refractivity contribution in [2.75, 3.05) is 18.4 Å². The first-order chi connectivity index (χ1) is 15.1. The molecule has 0 saturated carbocycles. The number of hydrogen-bond acceptors (Lipinski definition) is 5. The Morgan fingerprint density at radius 2 is 1.94 bits per heavy atom. The van der Waals surface area contributed by atoms with Crippen molar-refractivity contribution in [1.29, 1.82) is 0 Å². The molecule has 1 amide bonds. The molecule has 0 fully saturated rings. The number of benzene rings is 1. The fourth-order valence-corrected chi connectivity index (χ4v) is 4.01. The lowest BCUT2D eigenvalue weighted by Gasteiger charge is -2.42. The van der Waals surface area contributed by atoms with Gasteiger partial charge in [0.25, 0.3) is 0 Å². The molecule has 11 heteroatoms. The molecular weight excluding hydrogens is 445 g/mol. The Bertz CT molecular complexity index is 1210. The summed E-state index contributed by atoms with van der Waals surface area (Å²) in [6.45, 7) is 4.21. The number of carbonyl (C=O) groups is 1. The summed E-state index contributed by atoms with van der Waals surface area (Å²) in [4.78, 5) is 22.7. The molecule has 168 valence electrons. The van der Waals surface area contributed by atoms with Crippen molar-refractivity contribution in [3.63, 3.8) is 0 Å². The van der Waals surface area contributed by atoms with Crippen LogP contribution in [0.4, 0.5) is 24.8 Å². The van der Waals surface area contributed by atoms with Crippen molar-refractivity contribution in [2.45, 2.75) is 25.9 Å². The number of rotatable bonds is 4. The Morgan fingerprint density at radius 3 is 2.59 bits per heavy atom. The molecule has 0 bridgehead atoms. The highest BCUT2D eigenvalue weighted by Crippen LogP contribution is 2.39. The van der Waals surface area contributed by atoms with Gasteiger partial charge in [0.05, 0.1) is 23.3 Å². The Hall–Kier alpha value is -3.11. The second-order valence-corrected chi connectivity index (χ2v) is 8.24. The van der Waals surface area contributed by atoms with E-state index in [1.54, 1.807) is 4.90 Å². The normalized spacial score (nSPS) is 14.9. The average molecular weight is 465 g/mol. The number of carbonyl (C=O) groups excluding carboxylic acids is 1. The molecule has 1 aromatic carbocycles. The largest absolute Gasteiger partial charge is 0.327 e. The van der Waals surface area contributed by atoms with Crippen molar-refractivity contribution in [3.8, 4) is 11.3 Å². The van der Waals surface area contributed by atoms with Gasteiger partial charge in [-0.05, 0) is 32.0 Å². The van der Waals surface area contributed by atoms with Crippen molar-refractivity contribution < 1.29 is 18.0 Å². The molecule has 2 aromatic heterocycles. The van der Waals surface area contributed by atoms with Gasteiger partial charge in [-0.25, -0.2) is 23.1 Å². The fourth-order valence-electron chi connectivity index (χ4n) is 3.86. The third kappa shape index (κ3) is 3.69. The highest BCUT2D eigenvalue weighted by Gasteiger charge is 2.41. The van der Waals surface area contributed by atoms with E-state index < -0.39 is 23.0 Å². The summed E-state index contributed by atoms with van der Waals surface area (Å²) < 4.78 is 42.9. The van der Waals surface area contributed by atoms with Gasteiger partial charge < -0.3 is 20.5 Å². The van der Waals surface area contributed by atoms with Gasteiger partial charge in [-0.15, -0.1) is 0 Å². The van der Waals surface area contributed by atoms with Gasteiger partial charge in [0.2, 0.25) is 5.91 Å². The van der Waals surface area contributed by atoms with Crippen molar-refractivity contribution in [2.24, 2.45) is 5.73 Å². The minimum absolute atomic E-state index is 0.129. The van der Waals surface area contributed by atoms with Gasteiger partial charge in [0, 0.05) is 24.7 Å². The summed E-state index contributed by atoms with van der Waals surface area (Å²) >= 11 is 5.88. The average Bonchev–Trinajstić information content (AvgIpc) is 3.12. The van der Waals surface area contributed by atoms with Crippen LogP contribution in [0.2, 0.25) is 5.02 Å². The minimum Gasteiger partial charge on any atom is -0.327 e. The molecule has 32 heavy (non-hydrogen) atoms. The van der Waals surface area contributed by atoms with Crippen LogP contribution in [-0.4, -0.2) is 38.4 Å². The van der Waals surface area contributed by atoms with Crippen LogP contribution in [0.1, 0.15) is 19.7 Å². The smallest absolute Gasteiger partial charge is 0.237 e. The summed E-state index contributed by atoms with van der Waals surface area (Å²) in [5.74, 6) is -1.75. The first kappa shape index (κ1) is 22.1. The molecule has 4 rings (SSSR count). The SMILES string of the molecule is CC1(C)c2nc(-c3ccc(F)c(F)c3)c(Nc3cc(Cl)c(F)cn3)n2CCN1C(=O)CN. The Labute approximate surface area is 187 Å². The first-order valence-electron chi connectivity index (χ1n) is 9.78. The van der Waals surface area contributed by atoms with E-state index in [4.69, 9.17) is 17.3 Å². The molecule has 3 N–H and O–H groups in total. The molecule has 1 aliphatic rings. The van der Waals surface area contributed by atoms with Crippen LogP contribution >= 0.6 is 11.6 Å². The van der Waals surface area contributed by atoms with Crippen molar-refractivity contribution in [3.05, 3.63) is 58.8 Å². The molecule has 0 spiro atoms. The Balaban J connectivity index is 1.89. The molecule has 1 aliphatic heterocycles. The van der Waals surface area contributed by atoms with Gasteiger partial charge in [0.15, 0.2) is 17.5 Å². The third-order valence-corrected chi connectivity index (χ3v) is 5.75. The monoisotopic (exact) mass is 464 g/mol. The van der Waals surface area contributed by atoms with Crippen molar-refractivity contribution >= 4 is 29.1 Å². The third-order valence-electron chi connectivity index (χ3n) is 5.46. The number of anilines is 2. The van der Waals surface area contributed by atoms with Crippen LogP contribution in [-0.2, 0) is 16.9 Å². The molecule has 0 radical (unpaired) electrons. The second-order valence-electron chi connectivity index (χ2n) is 7.83. The maximum Gasteiger partial charge on any atom is 0.237 e. The van der Waals surface area contributed by atoms with Crippen LogP contribution in [0, 0.1) is 17.5 Å². The number of halogens is 4. The van der Waals surface area contributed by atoms with Crippen LogP contribution in [0.15, 0.2) is 30.5 Å². The van der Waals surface area contributed by atoms with Gasteiger partial charge >= 0.3 is 0 Å². The molecule has 0 atom stereocenters. The lowest BCUT2D eigenvalue weighted by atomic mass is 9.99. The number of pyridine rings is 1. The fraction of sp³-hybridized carbons (Fsp3) is 0.286. The van der Waals surface area contributed by atoms with E-state index in [1.807, 2.05) is 18.4 Å². The van der Waals surface area contributed by atoms with Gasteiger partial charge in [-0.1, -0.05) is 11.6 Å². The highest BCUT2D eigenvalue weighted by molar-refractivity contribution is 6.30. The summed E-state index contributed by atoms with van der Waals surface area (Å²) in [6, 6.07) is 4.76. The number of amides is 1. The van der Waals surface area contributed by atoms with E-state index in [1.165, 1.54) is 12.1 Å². The number of fused-ring (bicyclic) bond motifs is 1. The number of hydrogen-bond donors (Lipinski definition) is 2. The lowest BCUT2D eigenvalue weighted by molar-refractivity contribution is -0.137. The summed E-state index contributed by atoms with van der Waals surface area (Å²) in [5.41, 5.74) is 5.36. The van der Waals surface area contributed by atoms with Crippen LogP contribution in [0.5, 0.6) is 0 Å². The number of imidazole rings is 1. The molecule has 0 aliphatic carbocycles. The van der Waals surface area contributed by atoms with E-state index in [0.29, 0.717) is 36.0 Å². The molecular formula is C21H20ClF3N6O. The standard InChI is InChI=1S/C21H20ClF3N6O/c1-21(2)20-29-18(11-3-4-13(23)14(24)7-11)19(28-16-8-12(22)15(25)10-27-16)30(20)5-6-31(21)17(32)9-26/h3-4,7-8,10H,5-6,9,26H2,1-2H3,(H,27,28). The van der Waals surface area contributed by atoms with E-state index in [2.05, 4.69) is 15.3 Å². The number of nitrogens with two attached hydrogens (primary N) is 1. The molecule has 3 heterocycles. The summed E-state index contributed by atoms with van der Waals surface area (Å²) in [5, 5.41) is 2.94. The van der Waals surface area contributed by atoms with Gasteiger partial charge in [0.1, 0.15) is 23.2 Å². The van der Waals surface area contributed by atoms with E-state index >= 15 is 0 Å². The van der Waals surface area contributed by atoms with E-state index in [9.17, 15) is 18.0 Å². The first-order valence-corrected chi connectivity index (χ1v) is 10.2. The Morgan fingerprint density at radius 1 is 1.19 bits per heavy atom. The molecule has 0 saturated heterocycles. The minimum atomic E-state index is -1.03. The predicted molar refractivity (Wildman–Crippen MR) is 114 cm³/mol. The Kier molecular flexibility index (Phi) is 5.59. The van der Waals surface area contributed by atoms with Gasteiger partial charge in [-0.2, -0.15) is 0 Å².